The van der Waals surface area contributed by atoms with Crippen LogP contribution in [0.4, 0.5) is 0 Å². The summed E-state index contributed by atoms with van der Waals surface area (Å²) in [6, 6.07) is 20.7. The molecule has 0 radical (unpaired) electrons. The second-order valence-electron chi connectivity index (χ2n) is 5.95. The summed E-state index contributed by atoms with van der Waals surface area (Å²) in [4.78, 5) is 12.2. The summed E-state index contributed by atoms with van der Waals surface area (Å²) >= 11 is 0. The highest BCUT2D eigenvalue weighted by Gasteiger charge is 2.13. The summed E-state index contributed by atoms with van der Waals surface area (Å²) in [6.07, 6.45) is 1.04. The van der Waals surface area contributed by atoms with Crippen LogP contribution in [0.5, 0.6) is 5.75 Å². The maximum Gasteiger partial charge on any atom is 0.223 e. The van der Waals surface area contributed by atoms with E-state index in [4.69, 9.17) is 4.74 Å². The zero-order chi connectivity index (χ0) is 17.6. The van der Waals surface area contributed by atoms with E-state index < -0.39 is 6.10 Å². The summed E-state index contributed by atoms with van der Waals surface area (Å²) in [7, 11) is 0. The van der Waals surface area contributed by atoms with Crippen LogP contribution in [0.3, 0.4) is 0 Å². The SMILES string of the molecule is Cc1c(OCc2ccccc2)c(=O)ccn1C[C@@H](O)c1ccccc1. The minimum absolute atomic E-state index is 0.154. The van der Waals surface area contributed by atoms with E-state index in [0.717, 1.165) is 11.1 Å². The molecule has 0 unspecified atom stereocenters. The van der Waals surface area contributed by atoms with Gasteiger partial charge in [-0.15, -0.1) is 0 Å². The van der Waals surface area contributed by atoms with Gasteiger partial charge in [-0.05, 0) is 18.1 Å². The van der Waals surface area contributed by atoms with Gasteiger partial charge in [-0.3, -0.25) is 4.79 Å². The number of aliphatic hydroxyl groups is 1. The normalized spacial score (nSPS) is 11.9. The Morgan fingerprint density at radius 3 is 2.32 bits per heavy atom. The molecule has 0 saturated carbocycles. The zero-order valence-corrected chi connectivity index (χ0v) is 14.1. The average molecular weight is 335 g/mol. The highest BCUT2D eigenvalue weighted by Crippen LogP contribution is 2.19. The summed E-state index contributed by atoms with van der Waals surface area (Å²) < 4.78 is 7.61. The lowest BCUT2D eigenvalue weighted by Crippen LogP contribution is -2.17. The lowest BCUT2D eigenvalue weighted by Gasteiger charge is -2.18. The van der Waals surface area contributed by atoms with Gasteiger partial charge in [-0.2, -0.15) is 0 Å². The van der Waals surface area contributed by atoms with Crippen LogP contribution in [0.2, 0.25) is 0 Å². The highest BCUT2D eigenvalue weighted by atomic mass is 16.5. The van der Waals surface area contributed by atoms with Gasteiger partial charge in [-0.1, -0.05) is 60.7 Å². The van der Waals surface area contributed by atoms with Gasteiger partial charge in [0, 0.05) is 12.3 Å². The third-order valence-corrected chi connectivity index (χ3v) is 4.17. The van der Waals surface area contributed by atoms with E-state index in [9.17, 15) is 9.90 Å². The summed E-state index contributed by atoms with van der Waals surface area (Å²) in [5.74, 6) is 0.326. The van der Waals surface area contributed by atoms with Crippen LogP contribution in [0.1, 0.15) is 22.9 Å². The number of rotatable bonds is 6. The van der Waals surface area contributed by atoms with Crippen LogP contribution in [0.25, 0.3) is 0 Å². The van der Waals surface area contributed by atoms with Crippen LogP contribution in [-0.2, 0) is 13.2 Å². The van der Waals surface area contributed by atoms with Gasteiger partial charge in [0.1, 0.15) is 6.61 Å². The smallest absolute Gasteiger partial charge is 0.223 e. The van der Waals surface area contributed by atoms with Crippen LogP contribution in [0, 0.1) is 6.92 Å². The number of pyridine rings is 1. The molecule has 1 aromatic heterocycles. The Labute approximate surface area is 147 Å². The Morgan fingerprint density at radius 1 is 1.00 bits per heavy atom. The number of aromatic nitrogens is 1. The third kappa shape index (κ3) is 4.17. The van der Waals surface area contributed by atoms with Crippen molar-refractivity contribution in [1.82, 2.24) is 4.57 Å². The largest absolute Gasteiger partial charge is 0.483 e. The van der Waals surface area contributed by atoms with Gasteiger partial charge < -0.3 is 14.4 Å². The van der Waals surface area contributed by atoms with Gasteiger partial charge in [0.25, 0.3) is 0 Å². The topological polar surface area (TPSA) is 51.5 Å². The first-order valence-electron chi connectivity index (χ1n) is 8.25. The van der Waals surface area contributed by atoms with Crippen LogP contribution < -0.4 is 10.2 Å². The standard InChI is InChI=1S/C21H21NO3/c1-16-21(25-15-17-8-4-2-5-9-17)19(23)12-13-22(16)14-20(24)18-10-6-3-7-11-18/h2-13,20,24H,14-15H2,1H3/t20-/m1/s1. The number of benzene rings is 2. The first kappa shape index (κ1) is 17.0. The zero-order valence-electron chi connectivity index (χ0n) is 14.1. The van der Waals surface area contributed by atoms with Crippen molar-refractivity contribution < 1.29 is 9.84 Å². The van der Waals surface area contributed by atoms with Crippen molar-refractivity contribution in [2.24, 2.45) is 0 Å². The molecular formula is C21H21NO3. The lowest BCUT2D eigenvalue weighted by molar-refractivity contribution is 0.154. The lowest BCUT2D eigenvalue weighted by atomic mass is 10.1. The Hall–Kier alpha value is -2.85. The molecule has 128 valence electrons. The van der Waals surface area contributed by atoms with Crippen molar-refractivity contribution in [3.63, 3.8) is 0 Å². The van der Waals surface area contributed by atoms with Gasteiger partial charge in [0.15, 0.2) is 5.75 Å². The molecule has 4 nitrogen and oxygen atoms in total. The molecule has 1 N–H and O–H groups in total. The van der Waals surface area contributed by atoms with E-state index in [1.54, 1.807) is 6.20 Å². The molecule has 0 fully saturated rings. The van der Waals surface area contributed by atoms with Gasteiger partial charge in [0.05, 0.1) is 18.3 Å². The van der Waals surface area contributed by atoms with E-state index in [0.29, 0.717) is 24.6 Å². The molecule has 1 atom stereocenters. The minimum atomic E-state index is -0.649. The van der Waals surface area contributed by atoms with E-state index in [2.05, 4.69) is 0 Å². The molecule has 0 spiro atoms. The van der Waals surface area contributed by atoms with Crippen LogP contribution >= 0.6 is 0 Å². The first-order chi connectivity index (χ1) is 12.1. The van der Waals surface area contributed by atoms with Crippen molar-refractivity contribution in [1.29, 1.82) is 0 Å². The monoisotopic (exact) mass is 335 g/mol. The maximum absolute atomic E-state index is 12.2. The molecule has 0 bridgehead atoms. The molecule has 0 aliphatic heterocycles. The minimum Gasteiger partial charge on any atom is -0.483 e. The highest BCUT2D eigenvalue weighted by molar-refractivity contribution is 5.28. The van der Waals surface area contributed by atoms with E-state index in [1.165, 1.54) is 6.07 Å². The van der Waals surface area contributed by atoms with E-state index >= 15 is 0 Å². The molecular weight excluding hydrogens is 314 g/mol. The molecule has 4 heteroatoms. The number of hydrogen-bond acceptors (Lipinski definition) is 3. The fraction of sp³-hybridized carbons (Fsp3) is 0.190. The third-order valence-electron chi connectivity index (χ3n) is 4.17. The second-order valence-corrected chi connectivity index (χ2v) is 5.95. The molecule has 25 heavy (non-hydrogen) atoms. The molecule has 1 heterocycles. The van der Waals surface area contributed by atoms with Crippen molar-refractivity contribution in [2.75, 3.05) is 0 Å². The fourth-order valence-corrected chi connectivity index (χ4v) is 2.72. The van der Waals surface area contributed by atoms with Crippen molar-refractivity contribution in [3.8, 4) is 5.75 Å². The fourth-order valence-electron chi connectivity index (χ4n) is 2.72. The van der Waals surface area contributed by atoms with Gasteiger partial charge >= 0.3 is 0 Å². The average Bonchev–Trinajstić information content (AvgIpc) is 2.65. The molecule has 0 saturated heterocycles. The summed E-state index contributed by atoms with van der Waals surface area (Å²) in [6.45, 7) is 2.53. The predicted octanol–water partition coefficient (Wildman–Crippen LogP) is 3.47. The van der Waals surface area contributed by atoms with Crippen molar-refractivity contribution in [3.05, 3.63) is 100.0 Å². The molecule has 0 aliphatic rings. The van der Waals surface area contributed by atoms with Gasteiger partial charge in [0.2, 0.25) is 5.43 Å². The Morgan fingerprint density at radius 2 is 1.64 bits per heavy atom. The van der Waals surface area contributed by atoms with E-state index in [1.807, 2.05) is 72.2 Å². The van der Waals surface area contributed by atoms with Crippen LogP contribution in [0.15, 0.2) is 77.7 Å². The number of nitrogens with zero attached hydrogens (tertiary/aromatic N) is 1. The number of aliphatic hydroxyl groups excluding tert-OH is 1. The second kappa shape index (κ2) is 7.81. The quantitative estimate of drug-likeness (QED) is 0.750. The summed E-state index contributed by atoms with van der Waals surface area (Å²) in [5, 5.41) is 10.4. The number of ether oxygens (including phenoxy) is 1. The molecule has 3 aromatic rings. The molecule has 2 aromatic carbocycles. The Kier molecular flexibility index (Phi) is 5.31. The maximum atomic E-state index is 12.2. The van der Waals surface area contributed by atoms with Crippen molar-refractivity contribution >= 4 is 0 Å². The molecule has 0 amide bonds. The molecule has 3 rings (SSSR count). The predicted molar refractivity (Wildman–Crippen MR) is 97.6 cm³/mol. The Balaban J connectivity index is 1.78. The number of hydrogen-bond donors (Lipinski definition) is 1. The van der Waals surface area contributed by atoms with Crippen LogP contribution in [-0.4, -0.2) is 9.67 Å². The van der Waals surface area contributed by atoms with E-state index in [-0.39, 0.29) is 5.43 Å². The van der Waals surface area contributed by atoms with Gasteiger partial charge in [-0.25, -0.2) is 0 Å². The first-order valence-corrected chi connectivity index (χ1v) is 8.25. The van der Waals surface area contributed by atoms with Crippen molar-refractivity contribution in [2.45, 2.75) is 26.2 Å². The molecule has 0 aliphatic carbocycles. The Bertz CT molecular complexity index is 873. The summed E-state index contributed by atoms with van der Waals surface area (Å²) in [5.41, 5.74) is 2.39.